The summed E-state index contributed by atoms with van der Waals surface area (Å²) in [5, 5.41) is 0. The Bertz CT molecular complexity index is 417. The third-order valence-electron chi connectivity index (χ3n) is 2.41. The maximum absolute atomic E-state index is 11.5. The van der Waals surface area contributed by atoms with Gasteiger partial charge in [0, 0.05) is 17.5 Å². The second-order valence-corrected chi connectivity index (χ2v) is 4.77. The smallest absolute Gasteiger partial charge is 0.414 e. The van der Waals surface area contributed by atoms with E-state index in [1.54, 1.807) is 16.7 Å². The van der Waals surface area contributed by atoms with E-state index in [0.717, 1.165) is 6.42 Å². The second-order valence-electron chi connectivity index (χ2n) is 3.70. The van der Waals surface area contributed by atoms with Crippen molar-refractivity contribution >= 4 is 17.9 Å². The Kier molecular flexibility index (Phi) is 4.09. The predicted octanol–water partition coefficient (Wildman–Crippen LogP) is 3.23. The molecule has 90 valence electrons. The normalized spacial score (nSPS) is 14.6. The highest BCUT2D eigenvalue weighted by molar-refractivity contribution is 8.03. The molecule has 0 saturated carbocycles. The van der Waals surface area contributed by atoms with E-state index in [0.29, 0.717) is 12.5 Å². The lowest BCUT2D eigenvalue weighted by molar-refractivity contribution is 0.128. The lowest BCUT2D eigenvalue weighted by Crippen LogP contribution is -2.23. The first kappa shape index (κ1) is 12.0. The zero-order valence-corrected chi connectivity index (χ0v) is 10.6. The number of carbonyl (C=O) groups is 1. The quantitative estimate of drug-likeness (QED) is 0.823. The van der Waals surface area contributed by atoms with Gasteiger partial charge in [-0.3, -0.25) is 4.90 Å². The van der Waals surface area contributed by atoms with E-state index in [-0.39, 0.29) is 6.09 Å². The first-order chi connectivity index (χ1) is 8.29. The zero-order valence-electron chi connectivity index (χ0n) is 9.76. The summed E-state index contributed by atoms with van der Waals surface area (Å²) in [5.41, 5.74) is 1.26. The Hall–Kier alpha value is -1.42. The van der Waals surface area contributed by atoms with Gasteiger partial charge in [0.1, 0.15) is 0 Å². The van der Waals surface area contributed by atoms with Crippen molar-refractivity contribution in [1.82, 2.24) is 4.90 Å². The van der Waals surface area contributed by atoms with Gasteiger partial charge in [-0.25, -0.2) is 4.79 Å². The molecule has 1 heterocycles. The van der Waals surface area contributed by atoms with Gasteiger partial charge in [0.2, 0.25) is 0 Å². The Balaban J connectivity index is 1.95. The number of ether oxygens (including phenoxy) is 1. The summed E-state index contributed by atoms with van der Waals surface area (Å²) < 4.78 is 4.95. The molecule has 0 saturated heterocycles. The molecule has 1 aliphatic heterocycles. The summed E-state index contributed by atoms with van der Waals surface area (Å²) in [7, 11) is 0. The molecule has 17 heavy (non-hydrogen) atoms. The van der Waals surface area contributed by atoms with E-state index in [1.165, 1.54) is 10.5 Å². The highest BCUT2D eigenvalue weighted by Gasteiger charge is 2.19. The van der Waals surface area contributed by atoms with Crippen molar-refractivity contribution in [2.75, 3.05) is 12.5 Å². The minimum Gasteiger partial charge on any atom is -0.449 e. The number of benzene rings is 1. The van der Waals surface area contributed by atoms with E-state index < -0.39 is 0 Å². The molecule has 0 bridgehead atoms. The minimum atomic E-state index is -0.261. The molecule has 0 aromatic heterocycles. The zero-order chi connectivity index (χ0) is 12.1. The van der Waals surface area contributed by atoms with Gasteiger partial charge in [-0.15, -0.1) is 11.8 Å². The highest BCUT2D eigenvalue weighted by Crippen LogP contribution is 2.28. The number of rotatable bonds is 3. The van der Waals surface area contributed by atoms with Crippen LogP contribution < -0.4 is 0 Å². The van der Waals surface area contributed by atoms with Gasteiger partial charge < -0.3 is 4.74 Å². The van der Waals surface area contributed by atoms with Crippen LogP contribution >= 0.6 is 11.8 Å². The van der Waals surface area contributed by atoms with Gasteiger partial charge in [-0.1, -0.05) is 30.3 Å². The highest BCUT2D eigenvalue weighted by atomic mass is 32.2. The topological polar surface area (TPSA) is 29.5 Å². The standard InChI is InChI=1S/C13H15NO2S/c1-2-16-13(15)14-9-12(17-10-14)8-11-6-4-3-5-7-11/h3-7,9H,2,8,10H2,1H3. The van der Waals surface area contributed by atoms with Crippen molar-refractivity contribution in [2.45, 2.75) is 13.3 Å². The van der Waals surface area contributed by atoms with Crippen molar-refractivity contribution in [3.8, 4) is 0 Å². The Morgan fingerprint density at radius 1 is 1.41 bits per heavy atom. The molecule has 0 unspecified atom stereocenters. The lowest BCUT2D eigenvalue weighted by Gasteiger charge is -2.10. The van der Waals surface area contributed by atoms with Crippen molar-refractivity contribution in [3.63, 3.8) is 0 Å². The molecule has 0 aliphatic carbocycles. The van der Waals surface area contributed by atoms with Crippen LogP contribution in [-0.4, -0.2) is 23.5 Å². The van der Waals surface area contributed by atoms with Crippen LogP contribution in [0.2, 0.25) is 0 Å². The van der Waals surface area contributed by atoms with E-state index in [2.05, 4.69) is 12.1 Å². The SMILES string of the molecule is CCOC(=O)N1C=C(Cc2ccccc2)SC1. The van der Waals surface area contributed by atoms with Gasteiger partial charge >= 0.3 is 6.09 Å². The molecule has 1 amide bonds. The van der Waals surface area contributed by atoms with Crippen LogP contribution in [0.15, 0.2) is 41.4 Å². The summed E-state index contributed by atoms with van der Waals surface area (Å²) in [6, 6.07) is 10.2. The molecule has 3 nitrogen and oxygen atoms in total. The number of amides is 1. The van der Waals surface area contributed by atoms with Gasteiger partial charge in [0.15, 0.2) is 0 Å². The van der Waals surface area contributed by atoms with Crippen molar-refractivity contribution in [1.29, 1.82) is 0 Å². The summed E-state index contributed by atoms with van der Waals surface area (Å²) in [5.74, 6) is 0.654. The van der Waals surface area contributed by atoms with Gasteiger partial charge in [-0.05, 0) is 12.5 Å². The number of thioether (sulfide) groups is 1. The second kappa shape index (κ2) is 5.77. The van der Waals surface area contributed by atoms with E-state index >= 15 is 0 Å². The van der Waals surface area contributed by atoms with E-state index in [9.17, 15) is 4.79 Å². The molecule has 0 radical (unpaired) electrons. The number of hydrogen-bond donors (Lipinski definition) is 0. The average molecular weight is 249 g/mol. The molecule has 1 aromatic rings. The molecule has 0 atom stereocenters. The number of hydrogen-bond acceptors (Lipinski definition) is 3. The lowest BCUT2D eigenvalue weighted by atomic mass is 10.1. The molecule has 1 aliphatic rings. The third-order valence-corrected chi connectivity index (χ3v) is 3.44. The van der Waals surface area contributed by atoms with Crippen LogP contribution in [0.5, 0.6) is 0 Å². The molecule has 0 fully saturated rings. The number of carbonyl (C=O) groups excluding carboxylic acids is 1. The molecule has 2 rings (SSSR count). The maximum atomic E-state index is 11.5. The summed E-state index contributed by atoms with van der Waals surface area (Å²) in [6.45, 7) is 2.23. The number of nitrogens with zero attached hydrogens (tertiary/aromatic N) is 1. The molecular weight excluding hydrogens is 234 g/mol. The molecule has 1 aromatic carbocycles. The fourth-order valence-electron chi connectivity index (χ4n) is 1.61. The summed E-state index contributed by atoms with van der Waals surface area (Å²) in [4.78, 5) is 14.3. The van der Waals surface area contributed by atoms with Crippen LogP contribution in [0.1, 0.15) is 12.5 Å². The fraction of sp³-hybridized carbons (Fsp3) is 0.308. The Morgan fingerprint density at radius 3 is 2.88 bits per heavy atom. The predicted molar refractivity (Wildman–Crippen MR) is 69.5 cm³/mol. The molecular formula is C13H15NO2S. The summed E-state index contributed by atoms with van der Waals surface area (Å²) >= 11 is 1.69. The molecule has 0 spiro atoms. The molecule has 4 heteroatoms. The fourth-order valence-corrected chi connectivity index (χ4v) is 2.56. The number of allylic oxidation sites excluding steroid dienone is 1. The van der Waals surface area contributed by atoms with Crippen molar-refractivity contribution in [3.05, 3.63) is 47.0 Å². The van der Waals surface area contributed by atoms with Gasteiger partial charge in [-0.2, -0.15) is 0 Å². The van der Waals surface area contributed by atoms with E-state index in [1.807, 2.05) is 31.3 Å². The van der Waals surface area contributed by atoms with Crippen molar-refractivity contribution in [2.24, 2.45) is 0 Å². The van der Waals surface area contributed by atoms with Crippen LogP contribution in [0, 0.1) is 0 Å². The Morgan fingerprint density at radius 2 is 2.18 bits per heavy atom. The monoisotopic (exact) mass is 249 g/mol. The van der Waals surface area contributed by atoms with Crippen LogP contribution in [0.3, 0.4) is 0 Å². The Labute approximate surface area is 105 Å². The van der Waals surface area contributed by atoms with Gasteiger partial charge in [0.25, 0.3) is 0 Å². The van der Waals surface area contributed by atoms with Crippen molar-refractivity contribution < 1.29 is 9.53 Å². The maximum Gasteiger partial charge on any atom is 0.414 e. The van der Waals surface area contributed by atoms with Crippen LogP contribution in [-0.2, 0) is 11.2 Å². The average Bonchev–Trinajstić information content (AvgIpc) is 2.79. The van der Waals surface area contributed by atoms with E-state index in [4.69, 9.17) is 4.74 Å². The first-order valence-corrected chi connectivity index (χ1v) is 6.59. The van der Waals surface area contributed by atoms with Crippen LogP contribution in [0.4, 0.5) is 4.79 Å². The van der Waals surface area contributed by atoms with Crippen LogP contribution in [0.25, 0.3) is 0 Å². The third kappa shape index (κ3) is 3.27. The largest absolute Gasteiger partial charge is 0.449 e. The first-order valence-electron chi connectivity index (χ1n) is 5.60. The summed E-state index contributed by atoms with van der Waals surface area (Å²) in [6.07, 6.45) is 2.50. The molecule has 0 N–H and O–H groups in total. The van der Waals surface area contributed by atoms with Gasteiger partial charge in [0.05, 0.1) is 12.5 Å². The minimum absolute atomic E-state index is 0.261.